The second-order valence-corrected chi connectivity index (χ2v) is 4.03. The highest BCUT2D eigenvalue weighted by Crippen LogP contribution is 2.29. The van der Waals surface area contributed by atoms with Gasteiger partial charge in [-0.2, -0.15) is 13.2 Å². The fraction of sp³-hybridized carbons (Fsp3) is 0.500. The summed E-state index contributed by atoms with van der Waals surface area (Å²) in [6.45, 7) is 1.45. The molecule has 0 saturated carbocycles. The van der Waals surface area contributed by atoms with Gasteiger partial charge in [0.25, 0.3) is 0 Å². The summed E-state index contributed by atoms with van der Waals surface area (Å²) in [7, 11) is 0. The van der Waals surface area contributed by atoms with E-state index in [2.05, 4.69) is 5.32 Å². The number of rotatable bonds is 5. The minimum absolute atomic E-state index is 0.193. The first-order valence-electron chi connectivity index (χ1n) is 5.41. The van der Waals surface area contributed by atoms with Crippen molar-refractivity contribution in [1.29, 1.82) is 0 Å². The molecule has 17 heavy (non-hydrogen) atoms. The van der Waals surface area contributed by atoms with Gasteiger partial charge in [0.2, 0.25) is 0 Å². The van der Waals surface area contributed by atoms with Gasteiger partial charge in [-0.05, 0) is 12.5 Å². The molecule has 0 fully saturated rings. The lowest BCUT2D eigenvalue weighted by atomic mass is 10.0. The van der Waals surface area contributed by atoms with Crippen LogP contribution in [0, 0.1) is 0 Å². The molecule has 0 amide bonds. The molecule has 5 heteroatoms. The quantitative estimate of drug-likeness (QED) is 0.838. The molecule has 1 aromatic rings. The lowest BCUT2D eigenvalue weighted by Gasteiger charge is -2.23. The number of aliphatic hydroxyl groups is 1. The summed E-state index contributed by atoms with van der Waals surface area (Å²) in [6, 6.07) is 7.25. The molecule has 0 aliphatic rings. The van der Waals surface area contributed by atoms with Crippen LogP contribution >= 0.6 is 0 Å². The molecule has 96 valence electrons. The molecular formula is C12H16F3NO. The van der Waals surface area contributed by atoms with Crippen molar-refractivity contribution in [3.63, 3.8) is 0 Å². The van der Waals surface area contributed by atoms with E-state index in [-0.39, 0.29) is 12.6 Å². The Morgan fingerprint density at radius 3 is 2.29 bits per heavy atom. The van der Waals surface area contributed by atoms with Crippen LogP contribution in [0.2, 0.25) is 0 Å². The first-order chi connectivity index (χ1) is 7.92. The smallest absolute Gasteiger partial charge is 0.390 e. The molecule has 2 atom stereocenters. The van der Waals surface area contributed by atoms with Gasteiger partial charge in [-0.3, -0.25) is 0 Å². The van der Waals surface area contributed by atoms with Gasteiger partial charge in [0, 0.05) is 12.1 Å². The third-order valence-electron chi connectivity index (χ3n) is 2.40. The van der Waals surface area contributed by atoms with Crippen molar-refractivity contribution in [3.8, 4) is 0 Å². The molecule has 0 aromatic heterocycles. The summed E-state index contributed by atoms with van der Waals surface area (Å²) in [6.07, 6.45) is -5.18. The average molecular weight is 247 g/mol. The highest BCUT2D eigenvalue weighted by Gasteiger charge is 2.32. The Labute approximate surface area is 98.5 Å². The van der Waals surface area contributed by atoms with E-state index in [0.29, 0.717) is 5.56 Å². The van der Waals surface area contributed by atoms with Gasteiger partial charge < -0.3 is 10.4 Å². The van der Waals surface area contributed by atoms with Gasteiger partial charge in [-0.15, -0.1) is 0 Å². The zero-order chi connectivity index (χ0) is 12.9. The predicted molar refractivity (Wildman–Crippen MR) is 59.5 cm³/mol. The van der Waals surface area contributed by atoms with Gasteiger partial charge >= 0.3 is 6.18 Å². The summed E-state index contributed by atoms with van der Waals surface area (Å²) in [5.74, 6) is 0. The molecule has 0 aliphatic carbocycles. The largest absolute Gasteiger partial charge is 0.395 e. The molecule has 2 N–H and O–H groups in total. The van der Waals surface area contributed by atoms with Crippen LogP contribution in [-0.2, 0) is 0 Å². The lowest BCUT2D eigenvalue weighted by Crippen LogP contribution is -2.35. The fourth-order valence-electron chi connectivity index (χ4n) is 1.59. The Balaban J connectivity index is 2.79. The van der Waals surface area contributed by atoms with Crippen LogP contribution in [0.25, 0.3) is 0 Å². The molecule has 1 aromatic carbocycles. The van der Waals surface area contributed by atoms with Gasteiger partial charge in [-0.1, -0.05) is 30.3 Å². The van der Waals surface area contributed by atoms with Crippen LogP contribution in [0.4, 0.5) is 13.2 Å². The maximum absolute atomic E-state index is 12.4. The van der Waals surface area contributed by atoms with Crippen molar-refractivity contribution in [2.24, 2.45) is 0 Å². The molecule has 0 bridgehead atoms. The highest BCUT2D eigenvalue weighted by molar-refractivity contribution is 5.19. The van der Waals surface area contributed by atoms with Crippen molar-refractivity contribution in [2.75, 3.05) is 6.61 Å². The molecule has 0 saturated heterocycles. The summed E-state index contributed by atoms with van der Waals surface area (Å²) < 4.78 is 37.3. The van der Waals surface area contributed by atoms with Crippen molar-refractivity contribution in [2.45, 2.75) is 31.6 Å². The molecule has 2 nitrogen and oxygen atoms in total. The first kappa shape index (κ1) is 14.0. The summed E-state index contributed by atoms with van der Waals surface area (Å²) in [4.78, 5) is 0. The molecule has 0 aliphatic heterocycles. The van der Waals surface area contributed by atoms with Gasteiger partial charge in [0.1, 0.15) is 0 Å². The minimum atomic E-state index is -4.23. The molecule has 1 rings (SSSR count). The molecule has 2 unspecified atom stereocenters. The number of aliphatic hydroxyl groups excluding tert-OH is 1. The van der Waals surface area contributed by atoms with E-state index in [9.17, 15) is 13.2 Å². The van der Waals surface area contributed by atoms with Crippen LogP contribution in [0.15, 0.2) is 30.3 Å². The third-order valence-corrected chi connectivity index (χ3v) is 2.40. The van der Waals surface area contributed by atoms with Crippen LogP contribution < -0.4 is 5.32 Å². The molecule has 0 heterocycles. The zero-order valence-corrected chi connectivity index (χ0v) is 9.54. The zero-order valence-electron chi connectivity index (χ0n) is 9.54. The number of nitrogens with one attached hydrogen (secondary N) is 1. The standard InChI is InChI=1S/C12H16F3NO/c1-9(8-17)16-11(7-12(13,14)15)10-5-3-2-4-6-10/h2-6,9,11,16-17H,7-8H2,1H3. The molecular weight excluding hydrogens is 231 g/mol. The summed E-state index contributed by atoms with van der Waals surface area (Å²) >= 11 is 0. The van der Waals surface area contributed by atoms with Crippen molar-refractivity contribution in [3.05, 3.63) is 35.9 Å². The predicted octanol–water partition coefficient (Wildman–Crippen LogP) is 2.65. The van der Waals surface area contributed by atoms with E-state index in [4.69, 9.17) is 5.11 Å². The van der Waals surface area contributed by atoms with Crippen LogP contribution in [-0.4, -0.2) is 23.9 Å². The summed E-state index contributed by atoms with van der Waals surface area (Å²) in [5.41, 5.74) is 0.574. The lowest BCUT2D eigenvalue weighted by molar-refractivity contribution is -0.141. The Morgan fingerprint density at radius 1 is 1.24 bits per heavy atom. The monoisotopic (exact) mass is 247 g/mol. The van der Waals surface area contributed by atoms with Crippen molar-refractivity contribution in [1.82, 2.24) is 5.32 Å². The van der Waals surface area contributed by atoms with Crippen LogP contribution in [0.3, 0.4) is 0 Å². The van der Waals surface area contributed by atoms with Crippen LogP contribution in [0.5, 0.6) is 0 Å². The van der Waals surface area contributed by atoms with Gasteiger partial charge in [0.15, 0.2) is 0 Å². The minimum Gasteiger partial charge on any atom is -0.395 e. The van der Waals surface area contributed by atoms with E-state index >= 15 is 0 Å². The maximum atomic E-state index is 12.4. The first-order valence-corrected chi connectivity index (χ1v) is 5.41. The Kier molecular flexibility index (Phi) is 4.96. The Bertz CT molecular complexity index is 326. The van der Waals surface area contributed by atoms with Crippen molar-refractivity contribution >= 4 is 0 Å². The number of halogens is 3. The topological polar surface area (TPSA) is 32.3 Å². The normalized spacial score (nSPS) is 15.6. The summed E-state index contributed by atoms with van der Waals surface area (Å²) in [5, 5.41) is 11.7. The van der Waals surface area contributed by atoms with E-state index in [1.54, 1.807) is 37.3 Å². The average Bonchev–Trinajstić information content (AvgIpc) is 2.27. The number of benzene rings is 1. The number of alkyl halides is 3. The van der Waals surface area contributed by atoms with Crippen LogP contribution in [0.1, 0.15) is 24.9 Å². The Morgan fingerprint density at radius 2 is 1.82 bits per heavy atom. The van der Waals surface area contributed by atoms with Gasteiger partial charge in [0.05, 0.1) is 13.0 Å². The number of hydrogen-bond donors (Lipinski definition) is 2. The second kappa shape index (κ2) is 6.02. The van der Waals surface area contributed by atoms with E-state index in [1.165, 1.54) is 0 Å². The van der Waals surface area contributed by atoms with Gasteiger partial charge in [-0.25, -0.2) is 0 Å². The Hall–Kier alpha value is -1.07. The molecule has 0 spiro atoms. The maximum Gasteiger partial charge on any atom is 0.390 e. The SMILES string of the molecule is CC(CO)NC(CC(F)(F)F)c1ccccc1. The fourth-order valence-corrected chi connectivity index (χ4v) is 1.59. The molecule has 0 radical (unpaired) electrons. The van der Waals surface area contributed by atoms with E-state index < -0.39 is 18.6 Å². The second-order valence-electron chi connectivity index (χ2n) is 4.03. The highest BCUT2D eigenvalue weighted by atomic mass is 19.4. The number of hydrogen-bond acceptors (Lipinski definition) is 2. The van der Waals surface area contributed by atoms with Crippen molar-refractivity contribution < 1.29 is 18.3 Å². The van der Waals surface area contributed by atoms with E-state index in [1.807, 2.05) is 0 Å². The van der Waals surface area contributed by atoms with E-state index in [0.717, 1.165) is 0 Å². The third kappa shape index (κ3) is 5.19.